The van der Waals surface area contributed by atoms with E-state index in [2.05, 4.69) is 0 Å². The minimum atomic E-state index is -5.22. The van der Waals surface area contributed by atoms with Gasteiger partial charge in [0.15, 0.2) is 0 Å². The molecule has 5 N–H and O–H groups in total. The lowest BCUT2D eigenvalue weighted by atomic mass is 9.91. The van der Waals surface area contributed by atoms with Gasteiger partial charge in [0.05, 0.1) is 10.6 Å². The first-order valence-electron chi connectivity index (χ1n) is 6.45. The third-order valence-electron chi connectivity index (χ3n) is 3.32. The average Bonchev–Trinajstić information content (AvgIpc) is 2.46. The molecule has 0 amide bonds. The van der Waals surface area contributed by atoms with Crippen LogP contribution >= 0.6 is 11.6 Å². The summed E-state index contributed by atoms with van der Waals surface area (Å²) in [5.74, 6) is -6.77. The van der Waals surface area contributed by atoms with Gasteiger partial charge in [0.2, 0.25) is 0 Å². The Bertz CT molecular complexity index is 1000. The van der Waals surface area contributed by atoms with Crippen LogP contribution in [0, 0.1) is 5.82 Å². The van der Waals surface area contributed by atoms with Crippen LogP contribution in [0.4, 0.5) is 23.4 Å². The van der Waals surface area contributed by atoms with Crippen molar-refractivity contribution in [1.29, 1.82) is 0 Å². The molecule has 0 spiro atoms. The molecule has 12 heteroatoms. The molecule has 0 aliphatic rings. The van der Waals surface area contributed by atoms with Crippen LogP contribution in [-0.2, 0) is 6.18 Å². The number of nitrogens with one attached hydrogen (secondary N) is 1. The van der Waals surface area contributed by atoms with Crippen molar-refractivity contribution in [3.05, 3.63) is 50.0 Å². The Morgan fingerprint density at radius 1 is 1.08 bits per heavy atom. The van der Waals surface area contributed by atoms with Crippen LogP contribution in [0.3, 0.4) is 0 Å². The molecule has 1 aromatic carbocycles. The SMILES string of the molecule is Nc1[nH]c(=O)c(C(=O)O)c(-c2c(C(F)(F)F)ccc(Cl)c2F)c1C(=O)O. The van der Waals surface area contributed by atoms with Crippen molar-refractivity contribution in [2.24, 2.45) is 0 Å². The number of aromatic carboxylic acids is 2. The van der Waals surface area contributed by atoms with Gasteiger partial charge in [0.25, 0.3) is 5.56 Å². The van der Waals surface area contributed by atoms with Crippen LogP contribution in [0.1, 0.15) is 26.3 Å². The third-order valence-corrected chi connectivity index (χ3v) is 3.61. The van der Waals surface area contributed by atoms with Crippen molar-refractivity contribution in [2.75, 3.05) is 5.73 Å². The highest BCUT2D eigenvalue weighted by Gasteiger charge is 2.39. The lowest BCUT2D eigenvalue weighted by Crippen LogP contribution is -2.25. The smallest absolute Gasteiger partial charge is 0.417 e. The molecule has 26 heavy (non-hydrogen) atoms. The van der Waals surface area contributed by atoms with Crippen molar-refractivity contribution in [3.8, 4) is 11.1 Å². The molecular formula is C14H7ClF4N2O5. The molecule has 0 atom stereocenters. The third kappa shape index (κ3) is 3.08. The maximum absolute atomic E-state index is 14.5. The number of halogens is 5. The highest BCUT2D eigenvalue weighted by atomic mass is 35.5. The number of hydrogen-bond donors (Lipinski definition) is 4. The lowest BCUT2D eigenvalue weighted by Gasteiger charge is -2.18. The summed E-state index contributed by atoms with van der Waals surface area (Å²) in [6.45, 7) is 0. The number of alkyl halides is 3. The minimum Gasteiger partial charge on any atom is -0.478 e. The second kappa shape index (κ2) is 6.33. The molecule has 7 nitrogen and oxygen atoms in total. The van der Waals surface area contributed by atoms with Gasteiger partial charge >= 0.3 is 18.1 Å². The Hall–Kier alpha value is -3.08. The van der Waals surface area contributed by atoms with Crippen LogP contribution < -0.4 is 11.3 Å². The first-order valence-corrected chi connectivity index (χ1v) is 6.83. The normalized spacial score (nSPS) is 11.4. The predicted octanol–water partition coefficient (Wildman–Crippen LogP) is 2.83. The average molecular weight is 395 g/mol. The molecule has 0 saturated heterocycles. The number of H-pyrrole nitrogens is 1. The van der Waals surface area contributed by atoms with Gasteiger partial charge in [-0.05, 0) is 12.1 Å². The topological polar surface area (TPSA) is 133 Å². The first kappa shape index (κ1) is 19.2. The molecule has 0 fully saturated rings. The molecule has 1 aromatic heterocycles. The van der Waals surface area contributed by atoms with E-state index in [0.717, 1.165) is 0 Å². The van der Waals surface area contributed by atoms with Crippen molar-refractivity contribution in [3.63, 3.8) is 0 Å². The molecule has 0 bridgehead atoms. The molecule has 2 rings (SSSR count). The Balaban J connectivity index is 3.21. The van der Waals surface area contributed by atoms with E-state index >= 15 is 0 Å². The van der Waals surface area contributed by atoms with Crippen LogP contribution in [0.5, 0.6) is 0 Å². The summed E-state index contributed by atoms with van der Waals surface area (Å²) < 4.78 is 54.3. The number of benzene rings is 1. The fraction of sp³-hybridized carbons (Fsp3) is 0.0714. The lowest BCUT2D eigenvalue weighted by molar-refractivity contribution is -0.137. The number of carboxylic acid groups (broad SMARTS) is 2. The highest BCUT2D eigenvalue weighted by molar-refractivity contribution is 6.31. The van der Waals surface area contributed by atoms with Gasteiger partial charge in [-0.15, -0.1) is 0 Å². The number of pyridine rings is 1. The van der Waals surface area contributed by atoms with Crippen LogP contribution in [0.2, 0.25) is 5.02 Å². The quantitative estimate of drug-likeness (QED) is 0.591. The van der Waals surface area contributed by atoms with E-state index < -0.39 is 68.1 Å². The summed E-state index contributed by atoms with van der Waals surface area (Å²) in [5.41, 5.74) is -3.41. The number of hydrogen-bond acceptors (Lipinski definition) is 4. The fourth-order valence-corrected chi connectivity index (χ4v) is 2.49. The second-order valence-electron chi connectivity index (χ2n) is 4.88. The van der Waals surface area contributed by atoms with Crippen LogP contribution in [0.15, 0.2) is 16.9 Å². The Morgan fingerprint density at radius 2 is 1.62 bits per heavy atom. The zero-order chi connectivity index (χ0) is 20.0. The van der Waals surface area contributed by atoms with E-state index in [-0.39, 0.29) is 0 Å². The number of nitrogens with two attached hydrogens (primary N) is 1. The van der Waals surface area contributed by atoms with Gasteiger partial charge in [-0.2, -0.15) is 13.2 Å². The number of aromatic nitrogens is 1. The van der Waals surface area contributed by atoms with Gasteiger partial charge < -0.3 is 20.9 Å². The summed E-state index contributed by atoms with van der Waals surface area (Å²) in [5, 5.41) is 17.5. The van der Waals surface area contributed by atoms with Crippen molar-refractivity contribution < 1.29 is 37.4 Å². The Labute approximate surface area is 145 Å². The molecule has 2 aromatic rings. The molecule has 0 unspecified atom stereocenters. The highest BCUT2D eigenvalue weighted by Crippen LogP contribution is 2.43. The molecule has 1 heterocycles. The Kier molecular flexibility index (Phi) is 4.69. The molecule has 0 aliphatic heterocycles. The molecule has 0 saturated carbocycles. The van der Waals surface area contributed by atoms with Gasteiger partial charge in [-0.3, -0.25) is 4.79 Å². The van der Waals surface area contributed by atoms with E-state index in [4.69, 9.17) is 22.4 Å². The summed E-state index contributed by atoms with van der Waals surface area (Å²) in [6.07, 6.45) is -5.22. The maximum Gasteiger partial charge on any atom is 0.417 e. The van der Waals surface area contributed by atoms with Crippen molar-refractivity contribution in [2.45, 2.75) is 6.18 Å². The number of rotatable bonds is 3. The van der Waals surface area contributed by atoms with Crippen LogP contribution in [0.25, 0.3) is 11.1 Å². The van der Waals surface area contributed by atoms with E-state index in [1.54, 1.807) is 4.98 Å². The van der Waals surface area contributed by atoms with Gasteiger partial charge in [0.1, 0.15) is 22.8 Å². The van der Waals surface area contributed by atoms with E-state index in [1.165, 1.54) is 0 Å². The van der Waals surface area contributed by atoms with Crippen LogP contribution in [-0.4, -0.2) is 27.1 Å². The second-order valence-corrected chi connectivity index (χ2v) is 5.29. The van der Waals surface area contributed by atoms with Crippen molar-refractivity contribution >= 4 is 29.4 Å². The number of aromatic amines is 1. The number of nitrogen functional groups attached to an aromatic ring is 1. The summed E-state index contributed by atoms with van der Waals surface area (Å²) in [4.78, 5) is 36.4. The first-order chi connectivity index (χ1) is 11.9. The van der Waals surface area contributed by atoms with Gasteiger partial charge in [-0.25, -0.2) is 14.0 Å². The van der Waals surface area contributed by atoms with E-state index in [1.807, 2.05) is 0 Å². The molecule has 138 valence electrons. The minimum absolute atomic E-state index is 0.329. The maximum atomic E-state index is 14.5. The zero-order valence-corrected chi connectivity index (χ0v) is 13.0. The largest absolute Gasteiger partial charge is 0.478 e. The van der Waals surface area contributed by atoms with Crippen molar-refractivity contribution in [1.82, 2.24) is 4.98 Å². The Morgan fingerprint density at radius 3 is 2.08 bits per heavy atom. The predicted molar refractivity (Wildman–Crippen MR) is 80.8 cm³/mol. The number of carbonyl (C=O) groups is 2. The monoisotopic (exact) mass is 394 g/mol. The van der Waals surface area contributed by atoms with Gasteiger partial charge in [0, 0.05) is 11.1 Å². The number of carboxylic acids is 2. The van der Waals surface area contributed by atoms with E-state index in [9.17, 15) is 37.1 Å². The number of anilines is 1. The van der Waals surface area contributed by atoms with Gasteiger partial charge in [-0.1, -0.05) is 11.6 Å². The summed E-state index contributed by atoms with van der Waals surface area (Å²) in [7, 11) is 0. The summed E-state index contributed by atoms with van der Waals surface area (Å²) >= 11 is 5.47. The molecular weight excluding hydrogens is 388 g/mol. The standard InChI is InChI=1S/C14H7ClF4N2O5/c15-4-2-1-3(14(17,18)19)5(9(4)16)6-7(12(23)24)10(20)21-11(22)8(6)13(25)26/h1-2H,(H,23,24)(H,25,26)(H3,20,21,22). The molecule has 0 radical (unpaired) electrons. The summed E-state index contributed by atoms with van der Waals surface area (Å²) in [6, 6.07) is 0.885. The molecule has 0 aliphatic carbocycles. The zero-order valence-electron chi connectivity index (χ0n) is 12.2. The van der Waals surface area contributed by atoms with E-state index in [0.29, 0.717) is 12.1 Å². The fourth-order valence-electron chi connectivity index (χ4n) is 2.33.